The normalized spacial score (nSPS) is 22.5. The van der Waals surface area contributed by atoms with E-state index in [1.54, 1.807) is 12.3 Å². The van der Waals surface area contributed by atoms with Gasteiger partial charge in [-0.25, -0.2) is 17.8 Å². The zero-order valence-corrected chi connectivity index (χ0v) is 20.0. The van der Waals surface area contributed by atoms with Gasteiger partial charge in [0.25, 0.3) is 0 Å². The number of hydrogen-bond acceptors (Lipinski definition) is 5. The van der Waals surface area contributed by atoms with Crippen molar-refractivity contribution in [3.63, 3.8) is 0 Å². The summed E-state index contributed by atoms with van der Waals surface area (Å²) < 4.78 is 45.6. The molecule has 7 nitrogen and oxygen atoms in total. The Balaban J connectivity index is 1.35. The van der Waals surface area contributed by atoms with E-state index in [4.69, 9.17) is 0 Å². The monoisotopic (exact) mass is 484 g/mol. The molecule has 180 valence electrons. The number of halogens is 1. The van der Waals surface area contributed by atoms with Crippen molar-refractivity contribution in [2.24, 2.45) is 0 Å². The lowest BCUT2D eigenvalue weighted by Crippen LogP contribution is -2.44. The smallest absolute Gasteiger partial charge is 0.221 e. The summed E-state index contributed by atoms with van der Waals surface area (Å²) in [5.41, 5.74) is 2.87. The second-order valence-electron chi connectivity index (χ2n) is 9.09. The third-order valence-corrected chi connectivity index (χ3v) is 9.40. The molecule has 0 amide bonds. The summed E-state index contributed by atoms with van der Waals surface area (Å²) in [6.45, 7) is 3.72. The van der Waals surface area contributed by atoms with Crippen LogP contribution >= 0.6 is 0 Å². The van der Waals surface area contributed by atoms with Gasteiger partial charge in [0.1, 0.15) is 23.5 Å². The van der Waals surface area contributed by atoms with Gasteiger partial charge in [0, 0.05) is 36.9 Å². The number of sulfonamides is 1. The molecular formula is C25H29FN4O3S. The van der Waals surface area contributed by atoms with Gasteiger partial charge in [0.15, 0.2) is 0 Å². The lowest BCUT2D eigenvalue weighted by Gasteiger charge is -2.37. The molecule has 0 radical (unpaired) electrons. The Morgan fingerprint density at radius 1 is 1.12 bits per heavy atom. The van der Waals surface area contributed by atoms with Crippen molar-refractivity contribution in [3.05, 3.63) is 83.2 Å². The predicted molar refractivity (Wildman–Crippen MR) is 128 cm³/mol. The third-order valence-electron chi connectivity index (χ3n) is 7.03. The zero-order valence-electron chi connectivity index (χ0n) is 19.1. The number of aromatic nitrogens is 2. The van der Waals surface area contributed by atoms with E-state index >= 15 is 4.39 Å². The fourth-order valence-corrected chi connectivity index (χ4v) is 7.26. The number of aliphatic hydroxyl groups is 1. The van der Waals surface area contributed by atoms with Crippen LogP contribution in [0.1, 0.15) is 47.7 Å². The van der Waals surface area contributed by atoms with Gasteiger partial charge < -0.3 is 14.6 Å². The fraction of sp³-hybridized carbons (Fsp3) is 0.400. The number of rotatable bonds is 5. The highest BCUT2D eigenvalue weighted by Crippen LogP contribution is 2.38. The molecule has 2 aromatic carbocycles. The highest BCUT2D eigenvalue weighted by molar-refractivity contribution is 7.89. The van der Waals surface area contributed by atoms with Gasteiger partial charge in [-0.1, -0.05) is 36.4 Å². The lowest BCUT2D eigenvalue weighted by atomic mass is 10.0. The van der Waals surface area contributed by atoms with Gasteiger partial charge in [-0.05, 0) is 37.5 Å². The Morgan fingerprint density at radius 3 is 2.65 bits per heavy atom. The molecular weight excluding hydrogens is 455 g/mol. The van der Waals surface area contributed by atoms with E-state index in [-0.39, 0.29) is 19.2 Å². The molecule has 1 aromatic heterocycles. The van der Waals surface area contributed by atoms with Crippen molar-refractivity contribution >= 4 is 15.7 Å². The van der Waals surface area contributed by atoms with Crippen LogP contribution in [0.4, 0.5) is 10.1 Å². The fourth-order valence-electron chi connectivity index (χ4n) is 5.08. The van der Waals surface area contributed by atoms with Crippen LogP contribution < -0.4 is 4.90 Å². The third kappa shape index (κ3) is 4.12. The maximum atomic E-state index is 15.2. The van der Waals surface area contributed by atoms with Crippen LogP contribution in [0, 0.1) is 5.82 Å². The Hall–Kier alpha value is -2.75. The Kier molecular flexibility index (Phi) is 6.18. The van der Waals surface area contributed by atoms with Crippen LogP contribution in [-0.2, 0) is 36.3 Å². The molecule has 3 heterocycles. The van der Waals surface area contributed by atoms with Crippen LogP contribution in [0.5, 0.6) is 0 Å². The van der Waals surface area contributed by atoms with Crippen molar-refractivity contribution < 1.29 is 17.9 Å². The van der Waals surface area contributed by atoms with E-state index in [0.717, 1.165) is 23.4 Å². The minimum atomic E-state index is -3.62. The van der Waals surface area contributed by atoms with E-state index in [2.05, 4.69) is 9.88 Å². The van der Waals surface area contributed by atoms with Crippen LogP contribution in [0.15, 0.2) is 54.7 Å². The van der Waals surface area contributed by atoms with Crippen molar-refractivity contribution in [3.8, 4) is 0 Å². The van der Waals surface area contributed by atoms with Gasteiger partial charge in [-0.2, -0.15) is 4.31 Å². The summed E-state index contributed by atoms with van der Waals surface area (Å²) in [6, 6.07) is 14.1. The van der Waals surface area contributed by atoms with Gasteiger partial charge in [-0.15, -0.1) is 0 Å². The molecule has 1 N–H and O–H groups in total. The van der Waals surface area contributed by atoms with E-state index in [9.17, 15) is 13.5 Å². The second-order valence-corrected chi connectivity index (χ2v) is 11.2. The van der Waals surface area contributed by atoms with Crippen molar-refractivity contribution in [1.82, 2.24) is 13.9 Å². The first-order valence-corrected chi connectivity index (χ1v) is 13.1. The first-order valence-electron chi connectivity index (χ1n) is 11.6. The van der Waals surface area contributed by atoms with E-state index in [1.165, 1.54) is 10.4 Å². The summed E-state index contributed by atoms with van der Waals surface area (Å²) in [5.74, 6) is 0.235. The number of aliphatic hydroxyl groups excluding tert-OH is 1. The first kappa shape index (κ1) is 23.0. The van der Waals surface area contributed by atoms with Crippen LogP contribution in [0.25, 0.3) is 0 Å². The van der Waals surface area contributed by atoms with Gasteiger partial charge >= 0.3 is 0 Å². The molecule has 0 bridgehead atoms. The van der Waals surface area contributed by atoms with Crippen LogP contribution in [-0.4, -0.2) is 40.0 Å². The molecule has 1 fully saturated rings. The average molecular weight is 485 g/mol. The van der Waals surface area contributed by atoms with Crippen molar-refractivity contribution in [2.75, 3.05) is 11.4 Å². The predicted octanol–water partition coefficient (Wildman–Crippen LogP) is 3.59. The molecule has 2 aliphatic rings. The molecule has 5 rings (SSSR count). The molecule has 0 spiro atoms. The maximum absolute atomic E-state index is 15.2. The van der Waals surface area contributed by atoms with E-state index in [0.29, 0.717) is 37.4 Å². The Bertz CT molecular complexity index is 1280. The summed E-state index contributed by atoms with van der Waals surface area (Å²) >= 11 is 0. The number of benzene rings is 2. The standard InChI is InChI=1S/C25H29FN4O3S/c1-18-7-10-24(19-5-3-2-4-6-19)34(32,33)30(18)15-20-8-9-21(13-23(20)26)28-11-12-29-22(16-28)14-27-25(29)17-31/h2-6,8-9,13-14,18,24,31H,7,10-12,15-17H2,1H3/t18-,24?/m0/s1. The molecule has 2 aliphatic heterocycles. The molecule has 0 aliphatic carbocycles. The van der Waals surface area contributed by atoms with Gasteiger partial charge in [0.2, 0.25) is 10.0 Å². The number of anilines is 1. The molecule has 9 heteroatoms. The minimum Gasteiger partial charge on any atom is -0.388 e. The molecule has 1 saturated heterocycles. The first-order chi connectivity index (χ1) is 16.4. The zero-order chi connectivity index (χ0) is 23.9. The highest BCUT2D eigenvalue weighted by Gasteiger charge is 2.40. The number of hydrogen-bond donors (Lipinski definition) is 1. The van der Waals surface area contributed by atoms with Crippen molar-refractivity contribution in [2.45, 2.75) is 57.3 Å². The summed E-state index contributed by atoms with van der Waals surface area (Å²) in [5, 5.41) is 8.81. The topological polar surface area (TPSA) is 78.7 Å². The Labute approximate surface area is 199 Å². The maximum Gasteiger partial charge on any atom is 0.221 e. The van der Waals surface area contributed by atoms with E-state index in [1.807, 2.05) is 47.9 Å². The quantitative estimate of drug-likeness (QED) is 0.599. The molecule has 3 aromatic rings. The average Bonchev–Trinajstić information content (AvgIpc) is 3.25. The summed E-state index contributed by atoms with van der Waals surface area (Å²) in [4.78, 5) is 6.31. The molecule has 1 unspecified atom stereocenters. The van der Waals surface area contributed by atoms with Crippen LogP contribution in [0.3, 0.4) is 0 Å². The van der Waals surface area contributed by atoms with Gasteiger partial charge in [-0.3, -0.25) is 0 Å². The largest absolute Gasteiger partial charge is 0.388 e. The van der Waals surface area contributed by atoms with Gasteiger partial charge in [0.05, 0.1) is 18.4 Å². The molecule has 34 heavy (non-hydrogen) atoms. The SMILES string of the molecule is C[C@H]1CCC(c2ccccc2)S(=O)(=O)N1Cc1ccc(N2CCn3c(cnc3CO)C2)cc1F. The number of fused-ring (bicyclic) bond motifs is 1. The van der Waals surface area contributed by atoms with E-state index < -0.39 is 21.1 Å². The number of nitrogens with zero attached hydrogens (tertiary/aromatic N) is 4. The summed E-state index contributed by atoms with van der Waals surface area (Å²) in [7, 11) is -3.62. The molecule has 0 saturated carbocycles. The number of imidazole rings is 1. The summed E-state index contributed by atoms with van der Waals surface area (Å²) in [6.07, 6.45) is 3.04. The van der Waals surface area contributed by atoms with Crippen molar-refractivity contribution in [1.29, 1.82) is 0 Å². The highest BCUT2D eigenvalue weighted by atomic mass is 32.2. The second kappa shape index (κ2) is 9.13. The Morgan fingerprint density at radius 2 is 1.91 bits per heavy atom. The van der Waals surface area contributed by atoms with Crippen LogP contribution in [0.2, 0.25) is 0 Å². The lowest BCUT2D eigenvalue weighted by molar-refractivity contribution is 0.263. The minimum absolute atomic E-state index is 0.0194. The molecule has 2 atom stereocenters.